The van der Waals surface area contributed by atoms with Crippen molar-refractivity contribution in [3.8, 4) is 22.8 Å². The van der Waals surface area contributed by atoms with Crippen molar-refractivity contribution < 1.29 is 13.9 Å². The Hall–Kier alpha value is -2.14. The van der Waals surface area contributed by atoms with Crippen LogP contribution in [0, 0.1) is 6.92 Å². The van der Waals surface area contributed by atoms with Crippen molar-refractivity contribution in [2.75, 3.05) is 20.8 Å². The molecule has 0 radical (unpaired) electrons. The summed E-state index contributed by atoms with van der Waals surface area (Å²) in [6.45, 7) is 3.51. The summed E-state index contributed by atoms with van der Waals surface area (Å²) >= 11 is 6.20. The Kier molecular flexibility index (Phi) is 8.24. The molecule has 0 unspecified atom stereocenters. The molecule has 4 nitrogen and oxygen atoms in total. The largest absolute Gasteiger partial charge is 0.493 e. The minimum absolute atomic E-state index is 0. The minimum Gasteiger partial charge on any atom is -0.493 e. The molecule has 150 valence electrons. The first kappa shape index (κ1) is 22.2. The molecule has 0 aliphatic carbocycles. The normalized spacial score (nSPS) is 10.4. The number of furan rings is 1. The molecule has 3 rings (SSSR count). The lowest BCUT2D eigenvalue weighted by Crippen LogP contribution is -2.16. The molecule has 1 N–H and O–H groups in total. The highest BCUT2D eigenvalue weighted by Gasteiger charge is 2.09. The van der Waals surface area contributed by atoms with Gasteiger partial charge in [-0.15, -0.1) is 12.4 Å². The minimum atomic E-state index is 0. The number of nitrogens with one attached hydrogen (secondary N) is 1. The van der Waals surface area contributed by atoms with E-state index in [-0.39, 0.29) is 12.4 Å². The van der Waals surface area contributed by atoms with E-state index in [1.165, 1.54) is 5.56 Å². The Balaban J connectivity index is 0.00000280. The summed E-state index contributed by atoms with van der Waals surface area (Å²) in [6, 6.07) is 15.8. The van der Waals surface area contributed by atoms with Crippen LogP contribution in [0.4, 0.5) is 0 Å². The van der Waals surface area contributed by atoms with E-state index < -0.39 is 0 Å². The lowest BCUT2D eigenvalue weighted by Gasteiger charge is -2.10. The Morgan fingerprint density at radius 3 is 2.54 bits per heavy atom. The molecule has 0 bridgehead atoms. The molecule has 0 saturated carbocycles. The van der Waals surface area contributed by atoms with Gasteiger partial charge < -0.3 is 19.2 Å². The van der Waals surface area contributed by atoms with Gasteiger partial charge in [-0.3, -0.25) is 0 Å². The highest BCUT2D eigenvalue weighted by molar-refractivity contribution is 6.31. The molecule has 6 heteroatoms. The highest BCUT2D eigenvalue weighted by atomic mass is 35.5. The van der Waals surface area contributed by atoms with Crippen LogP contribution in [-0.2, 0) is 13.0 Å². The smallest absolute Gasteiger partial charge is 0.160 e. The number of hydrogen-bond acceptors (Lipinski definition) is 4. The van der Waals surface area contributed by atoms with Crippen LogP contribution in [0.15, 0.2) is 52.9 Å². The first-order valence-electron chi connectivity index (χ1n) is 8.88. The first-order chi connectivity index (χ1) is 13.1. The fourth-order valence-electron chi connectivity index (χ4n) is 2.97. The van der Waals surface area contributed by atoms with E-state index in [1.54, 1.807) is 14.2 Å². The summed E-state index contributed by atoms with van der Waals surface area (Å²) in [5.41, 5.74) is 3.25. The fraction of sp³-hybridized carbons (Fsp3) is 0.273. The van der Waals surface area contributed by atoms with Gasteiger partial charge in [0, 0.05) is 10.6 Å². The van der Waals surface area contributed by atoms with Crippen molar-refractivity contribution in [3.63, 3.8) is 0 Å². The summed E-state index contributed by atoms with van der Waals surface area (Å²) in [6.07, 6.45) is 0.890. The highest BCUT2D eigenvalue weighted by Crippen LogP contribution is 2.30. The summed E-state index contributed by atoms with van der Waals surface area (Å²) in [4.78, 5) is 0. The molecule has 0 spiro atoms. The maximum atomic E-state index is 6.20. The molecule has 1 aromatic heterocycles. The fourth-order valence-corrected chi connectivity index (χ4v) is 3.15. The van der Waals surface area contributed by atoms with Crippen LogP contribution in [0.3, 0.4) is 0 Å². The average Bonchev–Trinajstić information content (AvgIpc) is 3.15. The Morgan fingerprint density at radius 1 is 1.00 bits per heavy atom. The van der Waals surface area contributed by atoms with Crippen LogP contribution in [-0.4, -0.2) is 20.8 Å². The number of hydrogen-bond donors (Lipinski definition) is 1. The number of rotatable bonds is 8. The second-order valence-corrected chi connectivity index (χ2v) is 6.70. The van der Waals surface area contributed by atoms with E-state index in [9.17, 15) is 0 Å². The van der Waals surface area contributed by atoms with Crippen molar-refractivity contribution in [2.45, 2.75) is 19.9 Å². The predicted octanol–water partition coefficient (Wildman–Crippen LogP) is 5.68. The molecule has 0 fully saturated rings. The number of methoxy groups -OCH3 is 2. The second-order valence-electron chi connectivity index (χ2n) is 6.29. The molecule has 28 heavy (non-hydrogen) atoms. The molecule has 2 aromatic carbocycles. The number of benzene rings is 2. The van der Waals surface area contributed by atoms with Crippen LogP contribution < -0.4 is 14.8 Å². The molecule has 0 aliphatic rings. The van der Waals surface area contributed by atoms with Crippen LogP contribution in [0.2, 0.25) is 5.02 Å². The Labute approximate surface area is 177 Å². The van der Waals surface area contributed by atoms with Gasteiger partial charge in [0.25, 0.3) is 0 Å². The zero-order valence-corrected chi connectivity index (χ0v) is 17.8. The van der Waals surface area contributed by atoms with Crippen molar-refractivity contribution in [2.24, 2.45) is 0 Å². The van der Waals surface area contributed by atoms with Gasteiger partial charge in [-0.2, -0.15) is 0 Å². The van der Waals surface area contributed by atoms with E-state index in [0.29, 0.717) is 6.54 Å². The van der Waals surface area contributed by atoms with Gasteiger partial charge in [0.15, 0.2) is 11.5 Å². The van der Waals surface area contributed by atoms with Crippen LogP contribution >= 0.6 is 24.0 Å². The molecule has 1 heterocycles. The molecular formula is C22H25Cl2NO3. The summed E-state index contributed by atoms with van der Waals surface area (Å²) in [7, 11) is 3.29. The lowest BCUT2D eigenvalue weighted by atomic mass is 10.1. The standard InChI is InChI=1S/C22H24ClNO3.ClH/c1-15-18(5-4-6-19(15)23)20-10-8-17(27-20)14-24-12-11-16-7-9-21(25-2)22(13-16)26-3;/h4-10,13,24H,11-12,14H2,1-3H3;1H. The molecule has 0 aliphatic heterocycles. The van der Waals surface area contributed by atoms with Crippen molar-refractivity contribution >= 4 is 24.0 Å². The maximum Gasteiger partial charge on any atom is 0.160 e. The molecule has 3 aromatic rings. The van der Waals surface area contributed by atoms with Crippen molar-refractivity contribution in [1.82, 2.24) is 5.32 Å². The second kappa shape index (κ2) is 10.4. The average molecular weight is 422 g/mol. The molecular weight excluding hydrogens is 397 g/mol. The quantitative estimate of drug-likeness (QED) is 0.475. The Morgan fingerprint density at radius 2 is 1.79 bits per heavy atom. The van der Waals surface area contributed by atoms with E-state index in [2.05, 4.69) is 11.4 Å². The SMILES string of the molecule is COc1ccc(CCNCc2ccc(-c3cccc(Cl)c3C)o2)cc1OC.Cl. The third-order valence-corrected chi connectivity index (χ3v) is 4.94. The van der Waals surface area contributed by atoms with Gasteiger partial charge in [0.1, 0.15) is 11.5 Å². The van der Waals surface area contributed by atoms with Crippen LogP contribution in [0.1, 0.15) is 16.9 Å². The van der Waals surface area contributed by atoms with Gasteiger partial charge >= 0.3 is 0 Å². The maximum absolute atomic E-state index is 6.20. The monoisotopic (exact) mass is 421 g/mol. The van der Waals surface area contributed by atoms with Gasteiger partial charge in [0.05, 0.1) is 20.8 Å². The van der Waals surface area contributed by atoms with E-state index in [1.807, 2.05) is 49.4 Å². The number of ether oxygens (including phenoxy) is 2. The zero-order chi connectivity index (χ0) is 19.2. The van der Waals surface area contributed by atoms with Crippen molar-refractivity contribution in [1.29, 1.82) is 0 Å². The van der Waals surface area contributed by atoms with E-state index in [0.717, 1.165) is 52.1 Å². The lowest BCUT2D eigenvalue weighted by molar-refractivity contribution is 0.354. The van der Waals surface area contributed by atoms with E-state index in [4.69, 9.17) is 25.5 Å². The van der Waals surface area contributed by atoms with Crippen molar-refractivity contribution in [3.05, 3.63) is 70.4 Å². The van der Waals surface area contributed by atoms with Gasteiger partial charge in [-0.05, 0) is 61.3 Å². The van der Waals surface area contributed by atoms with Gasteiger partial charge in [-0.25, -0.2) is 0 Å². The molecule has 0 saturated heterocycles. The summed E-state index contributed by atoms with van der Waals surface area (Å²) in [5.74, 6) is 3.24. The Bertz CT molecular complexity index is 909. The molecule has 0 atom stereocenters. The third kappa shape index (κ3) is 5.22. The zero-order valence-electron chi connectivity index (χ0n) is 16.3. The van der Waals surface area contributed by atoms with Gasteiger partial charge in [0.2, 0.25) is 0 Å². The summed E-state index contributed by atoms with van der Waals surface area (Å²) < 4.78 is 16.6. The summed E-state index contributed by atoms with van der Waals surface area (Å²) in [5, 5.41) is 4.16. The van der Waals surface area contributed by atoms with Crippen LogP contribution in [0.5, 0.6) is 11.5 Å². The third-order valence-electron chi connectivity index (χ3n) is 4.53. The predicted molar refractivity (Wildman–Crippen MR) is 116 cm³/mol. The number of halogens is 2. The van der Waals surface area contributed by atoms with Crippen LogP contribution in [0.25, 0.3) is 11.3 Å². The van der Waals surface area contributed by atoms with E-state index >= 15 is 0 Å². The molecule has 0 amide bonds. The topological polar surface area (TPSA) is 43.6 Å². The first-order valence-corrected chi connectivity index (χ1v) is 9.26. The van der Waals surface area contributed by atoms with Gasteiger partial charge in [-0.1, -0.05) is 29.8 Å².